The number of alkyl halides is 1. The molecule has 11 heavy (non-hydrogen) atoms. The number of ketones is 1. The van der Waals surface area contributed by atoms with E-state index in [-0.39, 0.29) is 18.2 Å². The van der Waals surface area contributed by atoms with Crippen LogP contribution in [0.25, 0.3) is 0 Å². The number of likely N-dealkylation sites (N-methyl/N-ethyl adjacent to an activating group) is 1. The maximum absolute atomic E-state index is 13.1. The summed E-state index contributed by atoms with van der Waals surface area (Å²) >= 11 is 0. The van der Waals surface area contributed by atoms with Crippen molar-refractivity contribution in [1.29, 1.82) is 0 Å². The normalized spacial score (nSPS) is 14.1. The monoisotopic (exact) mass is 161 g/mol. The van der Waals surface area contributed by atoms with E-state index in [2.05, 4.69) is 0 Å². The van der Waals surface area contributed by atoms with E-state index in [9.17, 15) is 9.18 Å². The SMILES string of the molecule is CC(=O)CN(C)C(F)C(C)C. The highest BCUT2D eigenvalue weighted by Gasteiger charge is 2.17. The first-order valence-electron chi connectivity index (χ1n) is 3.79. The largest absolute Gasteiger partial charge is 0.299 e. The number of carbonyl (C=O) groups excluding carboxylic acids is 1. The molecule has 0 fully saturated rings. The van der Waals surface area contributed by atoms with Crippen molar-refractivity contribution in [3.63, 3.8) is 0 Å². The van der Waals surface area contributed by atoms with Gasteiger partial charge in [0.25, 0.3) is 0 Å². The average molecular weight is 161 g/mol. The first-order chi connectivity index (χ1) is 4.95. The molecule has 0 spiro atoms. The van der Waals surface area contributed by atoms with Crippen LogP contribution >= 0.6 is 0 Å². The second kappa shape index (κ2) is 4.44. The molecule has 0 aliphatic heterocycles. The minimum Gasteiger partial charge on any atom is -0.299 e. The molecule has 1 atom stereocenters. The lowest BCUT2D eigenvalue weighted by Crippen LogP contribution is -2.35. The van der Waals surface area contributed by atoms with Crippen LogP contribution < -0.4 is 0 Å². The molecule has 0 heterocycles. The van der Waals surface area contributed by atoms with E-state index in [1.807, 2.05) is 0 Å². The van der Waals surface area contributed by atoms with Gasteiger partial charge in [-0.25, -0.2) is 4.39 Å². The van der Waals surface area contributed by atoms with Crippen LogP contribution in [-0.2, 0) is 4.79 Å². The topological polar surface area (TPSA) is 20.3 Å². The Bertz CT molecular complexity index is 136. The van der Waals surface area contributed by atoms with Gasteiger partial charge in [-0.1, -0.05) is 13.8 Å². The van der Waals surface area contributed by atoms with Gasteiger partial charge >= 0.3 is 0 Å². The molecule has 3 heteroatoms. The molecule has 0 N–H and O–H groups in total. The van der Waals surface area contributed by atoms with E-state index in [0.717, 1.165) is 0 Å². The van der Waals surface area contributed by atoms with E-state index >= 15 is 0 Å². The van der Waals surface area contributed by atoms with Gasteiger partial charge in [0.05, 0.1) is 6.54 Å². The summed E-state index contributed by atoms with van der Waals surface area (Å²) in [6.45, 7) is 5.24. The van der Waals surface area contributed by atoms with Crippen molar-refractivity contribution >= 4 is 5.78 Å². The van der Waals surface area contributed by atoms with Gasteiger partial charge in [0.15, 0.2) is 6.30 Å². The van der Waals surface area contributed by atoms with Crippen LogP contribution in [-0.4, -0.2) is 30.6 Å². The van der Waals surface area contributed by atoms with E-state index in [1.54, 1.807) is 20.9 Å². The van der Waals surface area contributed by atoms with Crippen LogP contribution in [0.5, 0.6) is 0 Å². The highest BCUT2D eigenvalue weighted by Crippen LogP contribution is 2.09. The third kappa shape index (κ3) is 4.09. The second-order valence-corrected chi connectivity index (χ2v) is 3.23. The molecule has 2 nitrogen and oxygen atoms in total. The summed E-state index contributed by atoms with van der Waals surface area (Å²) in [5.74, 6) is -0.0600. The van der Waals surface area contributed by atoms with Crippen molar-refractivity contribution < 1.29 is 9.18 Å². The first kappa shape index (κ1) is 10.6. The Balaban J connectivity index is 3.82. The fourth-order valence-corrected chi connectivity index (χ4v) is 0.947. The van der Waals surface area contributed by atoms with Gasteiger partial charge in [0, 0.05) is 0 Å². The first-order valence-corrected chi connectivity index (χ1v) is 3.79. The van der Waals surface area contributed by atoms with Gasteiger partial charge in [-0.15, -0.1) is 0 Å². The van der Waals surface area contributed by atoms with Crippen LogP contribution in [0.15, 0.2) is 0 Å². The second-order valence-electron chi connectivity index (χ2n) is 3.23. The molecule has 1 unspecified atom stereocenters. The van der Waals surface area contributed by atoms with Crippen molar-refractivity contribution in [2.24, 2.45) is 5.92 Å². The minimum atomic E-state index is -1.01. The van der Waals surface area contributed by atoms with Crippen molar-refractivity contribution in [2.75, 3.05) is 13.6 Å². The molecule has 0 rings (SSSR count). The average Bonchev–Trinajstić information content (AvgIpc) is 1.84. The molecule has 0 aromatic carbocycles. The Morgan fingerprint density at radius 1 is 1.55 bits per heavy atom. The molecule has 66 valence electrons. The number of halogens is 1. The summed E-state index contributed by atoms with van der Waals surface area (Å²) in [7, 11) is 1.62. The molecule has 0 saturated carbocycles. The Hall–Kier alpha value is -0.440. The van der Waals surface area contributed by atoms with E-state index in [4.69, 9.17) is 0 Å². The maximum Gasteiger partial charge on any atom is 0.156 e. The zero-order valence-electron chi connectivity index (χ0n) is 7.60. The minimum absolute atomic E-state index is 0.00389. The molecule has 0 bridgehead atoms. The van der Waals surface area contributed by atoms with Crippen molar-refractivity contribution in [3.05, 3.63) is 0 Å². The number of rotatable bonds is 4. The van der Waals surface area contributed by atoms with Gasteiger partial charge in [-0.3, -0.25) is 9.69 Å². The van der Waals surface area contributed by atoms with Crippen LogP contribution in [0.2, 0.25) is 0 Å². The Morgan fingerprint density at radius 3 is 2.27 bits per heavy atom. The Kier molecular flexibility index (Phi) is 4.26. The Labute approximate surface area is 67.4 Å². The van der Waals surface area contributed by atoms with Gasteiger partial charge < -0.3 is 0 Å². The smallest absolute Gasteiger partial charge is 0.156 e. The van der Waals surface area contributed by atoms with Gasteiger partial charge in [-0.2, -0.15) is 0 Å². The van der Waals surface area contributed by atoms with Gasteiger partial charge in [0.2, 0.25) is 0 Å². The lowest BCUT2D eigenvalue weighted by atomic mass is 10.2. The number of nitrogens with zero attached hydrogens (tertiary/aromatic N) is 1. The van der Waals surface area contributed by atoms with Crippen molar-refractivity contribution in [3.8, 4) is 0 Å². The number of hydrogen-bond acceptors (Lipinski definition) is 2. The third-order valence-corrected chi connectivity index (χ3v) is 1.44. The summed E-state index contributed by atoms with van der Waals surface area (Å²) in [4.78, 5) is 12.0. The molecule has 0 aromatic rings. The third-order valence-electron chi connectivity index (χ3n) is 1.44. The quantitative estimate of drug-likeness (QED) is 0.582. The predicted octanol–water partition coefficient (Wildman–Crippen LogP) is 1.46. The molecule has 0 radical (unpaired) electrons. The molecule has 0 saturated heterocycles. The van der Waals surface area contributed by atoms with E-state index < -0.39 is 6.30 Å². The summed E-state index contributed by atoms with van der Waals surface area (Å²) in [6, 6.07) is 0. The predicted molar refractivity (Wildman–Crippen MR) is 43.0 cm³/mol. The zero-order chi connectivity index (χ0) is 9.02. The summed E-state index contributed by atoms with van der Waals surface area (Å²) in [6.07, 6.45) is -1.01. The highest BCUT2D eigenvalue weighted by atomic mass is 19.1. The number of hydrogen-bond donors (Lipinski definition) is 0. The summed E-state index contributed by atoms with van der Waals surface area (Å²) < 4.78 is 13.1. The van der Waals surface area contributed by atoms with E-state index in [1.165, 1.54) is 11.8 Å². The van der Waals surface area contributed by atoms with Crippen molar-refractivity contribution in [1.82, 2.24) is 4.90 Å². The number of Topliss-reactive ketones (excluding diaryl/α,β-unsaturated/α-hetero) is 1. The summed E-state index contributed by atoms with van der Waals surface area (Å²) in [5.41, 5.74) is 0. The fourth-order valence-electron chi connectivity index (χ4n) is 0.947. The fraction of sp³-hybridized carbons (Fsp3) is 0.875. The van der Waals surface area contributed by atoms with Gasteiger partial charge in [-0.05, 0) is 19.9 Å². The van der Waals surface area contributed by atoms with Crippen LogP contribution in [0.4, 0.5) is 4.39 Å². The van der Waals surface area contributed by atoms with Crippen molar-refractivity contribution in [2.45, 2.75) is 27.1 Å². The zero-order valence-corrected chi connectivity index (χ0v) is 7.60. The van der Waals surface area contributed by atoms with Crippen LogP contribution in [0, 0.1) is 5.92 Å². The summed E-state index contributed by atoms with van der Waals surface area (Å²) in [5, 5.41) is 0. The molecule has 0 aliphatic carbocycles. The number of carbonyl (C=O) groups is 1. The van der Waals surface area contributed by atoms with Gasteiger partial charge in [0.1, 0.15) is 5.78 Å². The highest BCUT2D eigenvalue weighted by molar-refractivity contribution is 5.77. The molecular formula is C8H16FNO. The molecule has 0 amide bonds. The van der Waals surface area contributed by atoms with E-state index in [0.29, 0.717) is 0 Å². The molecular weight excluding hydrogens is 145 g/mol. The molecule has 0 aromatic heterocycles. The molecule has 0 aliphatic rings. The lowest BCUT2D eigenvalue weighted by molar-refractivity contribution is -0.119. The maximum atomic E-state index is 13.1. The lowest BCUT2D eigenvalue weighted by Gasteiger charge is -2.22. The standard InChI is InChI=1S/C8H16FNO/c1-6(2)8(9)10(4)5-7(3)11/h6,8H,5H2,1-4H3. The Morgan fingerprint density at radius 2 is 2.00 bits per heavy atom. The van der Waals surface area contributed by atoms with Crippen LogP contribution in [0.1, 0.15) is 20.8 Å². The van der Waals surface area contributed by atoms with Crippen LogP contribution in [0.3, 0.4) is 0 Å².